The molecule has 0 radical (unpaired) electrons. The van der Waals surface area contributed by atoms with Crippen LogP contribution in [0.5, 0.6) is 0 Å². The molecule has 0 amide bonds. The Bertz CT molecular complexity index is 496. The van der Waals surface area contributed by atoms with Crippen molar-refractivity contribution in [3.63, 3.8) is 0 Å². The topological polar surface area (TPSA) is 30.7 Å². The third kappa shape index (κ3) is 6.45. The fraction of sp³-hybridized carbons (Fsp3) is 0.529. The molecular formula is C17H25N3Se. The van der Waals surface area contributed by atoms with E-state index in [4.69, 9.17) is 0 Å². The van der Waals surface area contributed by atoms with Gasteiger partial charge in [0.25, 0.3) is 0 Å². The number of aromatic nitrogens is 3. The SMILES string of the molecule is CCCCCCCCc1cn(C[Se]c2ccccc2)nn1. The average molecular weight is 350 g/mol. The summed E-state index contributed by atoms with van der Waals surface area (Å²) in [5.74, 6) is 0. The summed E-state index contributed by atoms with van der Waals surface area (Å²) < 4.78 is 3.41. The fourth-order valence-electron chi connectivity index (χ4n) is 2.26. The number of nitrogens with zero attached hydrogens (tertiary/aromatic N) is 3. The van der Waals surface area contributed by atoms with Crippen LogP contribution in [0.1, 0.15) is 51.1 Å². The second-order valence-electron chi connectivity index (χ2n) is 5.35. The van der Waals surface area contributed by atoms with Gasteiger partial charge < -0.3 is 0 Å². The van der Waals surface area contributed by atoms with Crippen LogP contribution in [-0.2, 0) is 11.9 Å². The maximum absolute atomic E-state index is 4.29. The Morgan fingerprint density at radius 3 is 2.57 bits per heavy atom. The van der Waals surface area contributed by atoms with E-state index in [1.807, 2.05) is 4.68 Å². The van der Waals surface area contributed by atoms with E-state index in [1.165, 1.54) is 43.0 Å². The molecule has 2 rings (SSSR count). The van der Waals surface area contributed by atoms with E-state index in [0.29, 0.717) is 15.0 Å². The number of benzene rings is 1. The van der Waals surface area contributed by atoms with E-state index in [-0.39, 0.29) is 0 Å². The van der Waals surface area contributed by atoms with Crippen LogP contribution in [0.2, 0.25) is 0 Å². The number of hydrogen-bond acceptors (Lipinski definition) is 2. The van der Waals surface area contributed by atoms with Gasteiger partial charge >= 0.3 is 134 Å². The molecule has 0 aliphatic heterocycles. The Labute approximate surface area is 134 Å². The van der Waals surface area contributed by atoms with E-state index in [1.54, 1.807) is 0 Å². The van der Waals surface area contributed by atoms with Gasteiger partial charge in [-0.2, -0.15) is 0 Å². The normalized spacial score (nSPS) is 10.9. The van der Waals surface area contributed by atoms with Crippen molar-refractivity contribution in [1.82, 2.24) is 15.0 Å². The van der Waals surface area contributed by atoms with Crippen molar-refractivity contribution >= 4 is 19.4 Å². The molecule has 0 fully saturated rings. The molecule has 0 saturated heterocycles. The molecular weight excluding hydrogens is 325 g/mol. The zero-order chi connectivity index (χ0) is 14.8. The quantitative estimate of drug-likeness (QED) is 0.487. The molecule has 114 valence electrons. The molecule has 1 aromatic heterocycles. The van der Waals surface area contributed by atoms with Crippen LogP contribution < -0.4 is 4.46 Å². The van der Waals surface area contributed by atoms with Crippen molar-refractivity contribution < 1.29 is 0 Å². The summed E-state index contributed by atoms with van der Waals surface area (Å²) in [4.78, 5) is 0. The third-order valence-corrected chi connectivity index (χ3v) is 5.58. The van der Waals surface area contributed by atoms with Gasteiger partial charge in [-0.3, -0.25) is 0 Å². The summed E-state index contributed by atoms with van der Waals surface area (Å²) in [7, 11) is 0. The Balaban J connectivity index is 1.64. The predicted molar refractivity (Wildman–Crippen MR) is 88.9 cm³/mol. The van der Waals surface area contributed by atoms with Gasteiger partial charge in [0.05, 0.1) is 0 Å². The molecule has 0 unspecified atom stereocenters. The molecule has 0 N–H and O–H groups in total. The summed E-state index contributed by atoms with van der Waals surface area (Å²) in [5.41, 5.74) is 2.12. The van der Waals surface area contributed by atoms with Crippen LogP contribution in [0.4, 0.5) is 0 Å². The van der Waals surface area contributed by atoms with E-state index in [0.717, 1.165) is 17.6 Å². The Hall–Kier alpha value is -1.12. The summed E-state index contributed by atoms with van der Waals surface area (Å²) in [5, 5.41) is 8.53. The van der Waals surface area contributed by atoms with Crippen LogP contribution in [-0.4, -0.2) is 30.0 Å². The van der Waals surface area contributed by atoms with Gasteiger partial charge in [-0.15, -0.1) is 0 Å². The molecule has 0 spiro atoms. The van der Waals surface area contributed by atoms with Gasteiger partial charge in [0.2, 0.25) is 0 Å². The van der Waals surface area contributed by atoms with E-state index >= 15 is 0 Å². The average Bonchev–Trinajstić information content (AvgIpc) is 2.98. The van der Waals surface area contributed by atoms with Crippen LogP contribution in [0, 0.1) is 0 Å². The van der Waals surface area contributed by atoms with Crippen molar-refractivity contribution in [3.05, 3.63) is 42.2 Å². The van der Waals surface area contributed by atoms with Gasteiger partial charge in [-0.1, -0.05) is 0 Å². The minimum atomic E-state index is 0.437. The first-order valence-corrected chi connectivity index (χ1v) is 10.0. The molecule has 3 nitrogen and oxygen atoms in total. The summed E-state index contributed by atoms with van der Waals surface area (Å²) in [6.45, 7) is 2.26. The van der Waals surface area contributed by atoms with Crippen molar-refractivity contribution in [2.45, 2.75) is 57.3 Å². The van der Waals surface area contributed by atoms with Gasteiger partial charge in [0.1, 0.15) is 0 Å². The molecule has 1 heterocycles. The van der Waals surface area contributed by atoms with E-state index in [9.17, 15) is 0 Å². The first-order chi connectivity index (χ1) is 10.4. The standard InChI is InChI=1S/C17H25N3Se/c1-2-3-4-5-6-8-11-16-14-20(19-18-16)15-21-17-12-9-7-10-13-17/h7,9-10,12-14H,2-6,8,11,15H2,1H3. The molecule has 1 aromatic carbocycles. The number of rotatable bonds is 10. The second-order valence-corrected chi connectivity index (χ2v) is 7.49. The van der Waals surface area contributed by atoms with Crippen molar-refractivity contribution in [2.24, 2.45) is 0 Å². The zero-order valence-corrected chi connectivity index (χ0v) is 14.6. The monoisotopic (exact) mass is 351 g/mol. The van der Waals surface area contributed by atoms with Gasteiger partial charge in [-0.05, 0) is 0 Å². The van der Waals surface area contributed by atoms with Gasteiger partial charge in [0, 0.05) is 0 Å². The molecule has 2 aromatic rings. The first kappa shape index (κ1) is 16.3. The first-order valence-electron chi connectivity index (χ1n) is 7.95. The van der Waals surface area contributed by atoms with Crippen LogP contribution in [0.15, 0.2) is 36.5 Å². The van der Waals surface area contributed by atoms with E-state index < -0.39 is 0 Å². The van der Waals surface area contributed by atoms with Crippen molar-refractivity contribution in [2.75, 3.05) is 0 Å². The number of unbranched alkanes of at least 4 members (excludes halogenated alkanes) is 5. The van der Waals surface area contributed by atoms with Crippen LogP contribution in [0.25, 0.3) is 0 Å². The van der Waals surface area contributed by atoms with Gasteiger partial charge in [0.15, 0.2) is 0 Å². The second kappa shape index (κ2) is 9.75. The zero-order valence-electron chi connectivity index (χ0n) is 12.9. The summed E-state index contributed by atoms with van der Waals surface area (Å²) in [6.07, 6.45) is 11.2. The molecule has 21 heavy (non-hydrogen) atoms. The fourth-order valence-corrected chi connectivity index (χ4v) is 3.85. The third-order valence-electron chi connectivity index (χ3n) is 3.48. The van der Waals surface area contributed by atoms with Gasteiger partial charge in [-0.25, -0.2) is 0 Å². The van der Waals surface area contributed by atoms with Crippen molar-refractivity contribution in [1.29, 1.82) is 0 Å². The molecule has 4 heteroatoms. The Morgan fingerprint density at radius 2 is 1.76 bits per heavy atom. The molecule has 0 aliphatic carbocycles. The molecule has 0 atom stereocenters. The maximum atomic E-state index is 4.29. The van der Waals surface area contributed by atoms with Crippen molar-refractivity contribution in [3.8, 4) is 0 Å². The molecule has 0 aliphatic rings. The molecule has 0 bridgehead atoms. The Kier molecular flexibility index (Phi) is 7.55. The predicted octanol–water partition coefficient (Wildman–Crippen LogP) is 3.17. The number of hydrogen-bond donors (Lipinski definition) is 0. The van der Waals surface area contributed by atoms with E-state index in [2.05, 4.69) is 53.8 Å². The Morgan fingerprint density at radius 1 is 1.00 bits per heavy atom. The van der Waals surface area contributed by atoms with Crippen LogP contribution >= 0.6 is 0 Å². The molecule has 0 saturated carbocycles. The minimum absolute atomic E-state index is 0.437. The van der Waals surface area contributed by atoms with Crippen LogP contribution in [0.3, 0.4) is 0 Å². The summed E-state index contributed by atoms with van der Waals surface area (Å²) in [6, 6.07) is 10.6. The summed E-state index contributed by atoms with van der Waals surface area (Å²) >= 11 is 0.437. The number of aryl methyl sites for hydroxylation is 1.